The molecule has 1 unspecified atom stereocenters. The quantitative estimate of drug-likeness (QED) is 0.857. The van der Waals surface area contributed by atoms with Gasteiger partial charge in [-0.3, -0.25) is 0 Å². The van der Waals surface area contributed by atoms with E-state index in [0.29, 0.717) is 16.9 Å². The number of carboxylic acids is 1. The molecule has 0 saturated carbocycles. The standard InChI is InChI=1S/C12H18O3S/c1-7(2)9(4)16-6-10-5-11(12(13)14)15-8(10)3/h5,7,9H,6H2,1-4H3,(H,13,14). The SMILES string of the molecule is Cc1oc(C(=O)O)cc1CSC(C)C(C)C. The Bertz CT molecular complexity index is 368. The zero-order valence-corrected chi connectivity index (χ0v) is 10.9. The highest BCUT2D eigenvalue weighted by Gasteiger charge is 2.14. The number of rotatable bonds is 5. The number of aryl methyl sites for hydroxylation is 1. The maximum absolute atomic E-state index is 10.7. The first-order valence-corrected chi connectivity index (χ1v) is 6.41. The second-order valence-electron chi connectivity index (χ2n) is 4.26. The lowest BCUT2D eigenvalue weighted by atomic mass is 10.2. The molecule has 0 aliphatic rings. The van der Waals surface area contributed by atoms with Crippen molar-refractivity contribution in [1.29, 1.82) is 0 Å². The summed E-state index contributed by atoms with van der Waals surface area (Å²) >= 11 is 1.82. The summed E-state index contributed by atoms with van der Waals surface area (Å²) in [5.41, 5.74) is 0.981. The molecule has 16 heavy (non-hydrogen) atoms. The molecule has 4 heteroatoms. The van der Waals surface area contributed by atoms with E-state index in [-0.39, 0.29) is 5.76 Å². The van der Waals surface area contributed by atoms with Crippen LogP contribution in [0.5, 0.6) is 0 Å². The lowest BCUT2D eigenvalue weighted by Gasteiger charge is -2.14. The summed E-state index contributed by atoms with van der Waals surface area (Å²) in [6.45, 7) is 8.36. The largest absolute Gasteiger partial charge is 0.475 e. The van der Waals surface area contributed by atoms with Crippen LogP contribution in [-0.4, -0.2) is 16.3 Å². The van der Waals surface area contributed by atoms with Crippen LogP contribution >= 0.6 is 11.8 Å². The van der Waals surface area contributed by atoms with Crippen molar-refractivity contribution in [2.75, 3.05) is 0 Å². The zero-order valence-electron chi connectivity index (χ0n) is 10.1. The molecule has 0 saturated heterocycles. The van der Waals surface area contributed by atoms with Gasteiger partial charge in [0.1, 0.15) is 5.76 Å². The van der Waals surface area contributed by atoms with Crippen LogP contribution in [0.3, 0.4) is 0 Å². The van der Waals surface area contributed by atoms with Gasteiger partial charge in [0.2, 0.25) is 5.76 Å². The van der Waals surface area contributed by atoms with E-state index in [4.69, 9.17) is 9.52 Å². The summed E-state index contributed by atoms with van der Waals surface area (Å²) in [4.78, 5) is 10.7. The lowest BCUT2D eigenvalue weighted by molar-refractivity contribution is 0.0661. The predicted octanol–water partition coefficient (Wildman–Crippen LogP) is 3.56. The molecule has 0 amide bonds. The van der Waals surface area contributed by atoms with Gasteiger partial charge in [0.05, 0.1) is 0 Å². The molecular formula is C12H18O3S. The Hall–Kier alpha value is -0.900. The Morgan fingerprint density at radius 2 is 2.12 bits per heavy atom. The van der Waals surface area contributed by atoms with E-state index in [0.717, 1.165) is 11.3 Å². The van der Waals surface area contributed by atoms with Gasteiger partial charge in [-0.25, -0.2) is 4.79 Å². The molecule has 1 aromatic heterocycles. The summed E-state index contributed by atoms with van der Waals surface area (Å²) in [6, 6.07) is 1.62. The molecule has 0 aliphatic heterocycles. The van der Waals surface area contributed by atoms with E-state index in [1.165, 1.54) is 0 Å². The molecular weight excluding hydrogens is 224 g/mol. The Balaban J connectivity index is 2.64. The third-order valence-corrected chi connectivity index (χ3v) is 4.22. The topological polar surface area (TPSA) is 50.4 Å². The van der Waals surface area contributed by atoms with Crippen LogP contribution in [-0.2, 0) is 5.75 Å². The van der Waals surface area contributed by atoms with Crippen LogP contribution in [0.25, 0.3) is 0 Å². The maximum Gasteiger partial charge on any atom is 0.371 e. The summed E-state index contributed by atoms with van der Waals surface area (Å²) in [5, 5.41) is 9.35. The molecule has 0 fully saturated rings. The summed E-state index contributed by atoms with van der Waals surface area (Å²) in [7, 11) is 0. The second-order valence-corrected chi connectivity index (χ2v) is 5.62. The summed E-state index contributed by atoms with van der Waals surface area (Å²) in [5.74, 6) is 1.17. The van der Waals surface area contributed by atoms with Crippen LogP contribution in [0.15, 0.2) is 10.5 Å². The van der Waals surface area contributed by atoms with Gasteiger partial charge in [0.25, 0.3) is 0 Å². The molecule has 0 spiro atoms. The number of carbonyl (C=O) groups is 1. The third-order valence-electron chi connectivity index (χ3n) is 2.67. The molecule has 0 radical (unpaired) electrons. The molecule has 0 aliphatic carbocycles. The molecule has 1 atom stereocenters. The Labute approximate surface area is 100 Å². The van der Waals surface area contributed by atoms with Gasteiger partial charge >= 0.3 is 5.97 Å². The van der Waals surface area contributed by atoms with E-state index in [2.05, 4.69) is 20.8 Å². The number of furan rings is 1. The monoisotopic (exact) mass is 242 g/mol. The van der Waals surface area contributed by atoms with E-state index in [9.17, 15) is 4.79 Å². The Morgan fingerprint density at radius 1 is 1.50 bits per heavy atom. The van der Waals surface area contributed by atoms with Crippen molar-refractivity contribution in [1.82, 2.24) is 0 Å². The molecule has 1 rings (SSSR count). The molecule has 3 nitrogen and oxygen atoms in total. The fourth-order valence-corrected chi connectivity index (χ4v) is 2.30. The smallest absolute Gasteiger partial charge is 0.371 e. The van der Waals surface area contributed by atoms with Crippen molar-refractivity contribution in [3.63, 3.8) is 0 Å². The van der Waals surface area contributed by atoms with E-state index in [1.807, 2.05) is 18.7 Å². The highest BCUT2D eigenvalue weighted by molar-refractivity contribution is 7.99. The van der Waals surface area contributed by atoms with E-state index < -0.39 is 5.97 Å². The molecule has 1 aromatic rings. The average Bonchev–Trinajstić information content (AvgIpc) is 2.56. The van der Waals surface area contributed by atoms with Crippen LogP contribution < -0.4 is 0 Å². The van der Waals surface area contributed by atoms with Gasteiger partial charge in [0.15, 0.2) is 0 Å². The number of carboxylic acid groups (broad SMARTS) is 1. The molecule has 0 bridgehead atoms. The zero-order chi connectivity index (χ0) is 12.3. The Kier molecular flexibility index (Phi) is 4.47. The fourth-order valence-electron chi connectivity index (χ4n) is 1.18. The predicted molar refractivity (Wildman–Crippen MR) is 66.0 cm³/mol. The second kappa shape index (κ2) is 5.43. The van der Waals surface area contributed by atoms with E-state index >= 15 is 0 Å². The summed E-state index contributed by atoms with van der Waals surface area (Å²) in [6.07, 6.45) is 0. The Morgan fingerprint density at radius 3 is 2.56 bits per heavy atom. The first-order chi connectivity index (χ1) is 7.41. The van der Waals surface area contributed by atoms with Crippen LogP contribution in [0.4, 0.5) is 0 Å². The molecule has 1 heterocycles. The van der Waals surface area contributed by atoms with Crippen LogP contribution in [0.2, 0.25) is 0 Å². The maximum atomic E-state index is 10.7. The first kappa shape index (κ1) is 13.2. The fraction of sp³-hybridized carbons (Fsp3) is 0.583. The van der Waals surface area contributed by atoms with Crippen molar-refractivity contribution in [2.24, 2.45) is 5.92 Å². The van der Waals surface area contributed by atoms with Crippen LogP contribution in [0.1, 0.15) is 42.6 Å². The van der Waals surface area contributed by atoms with Crippen molar-refractivity contribution in [2.45, 2.75) is 38.7 Å². The molecule has 1 N–H and O–H groups in total. The first-order valence-electron chi connectivity index (χ1n) is 5.36. The van der Waals surface area contributed by atoms with Crippen molar-refractivity contribution in [3.05, 3.63) is 23.2 Å². The summed E-state index contributed by atoms with van der Waals surface area (Å²) < 4.78 is 5.16. The van der Waals surface area contributed by atoms with Gasteiger partial charge in [-0.15, -0.1) is 0 Å². The van der Waals surface area contributed by atoms with Gasteiger partial charge in [0, 0.05) is 16.6 Å². The van der Waals surface area contributed by atoms with Gasteiger partial charge in [-0.1, -0.05) is 20.8 Å². The minimum Gasteiger partial charge on any atom is -0.475 e. The van der Waals surface area contributed by atoms with Gasteiger partial charge in [-0.2, -0.15) is 11.8 Å². The van der Waals surface area contributed by atoms with Gasteiger partial charge < -0.3 is 9.52 Å². The normalized spacial score (nSPS) is 13.1. The molecule has 0 aromatic carbocycles. The van der Waals surface area contributed by atoms with Crippen molar-refractivity contribution in [3.8, 4) is 0 Å². The lowest BCUT2D eigenvalue weighted by Crippen LogP contribution is -2.05. The molecule has 90 valence electrons. The van der Waals surface area contributed by atoms with E-state index in [1.54, 1.807) is 6.07 Å². The third kappa shape index (κ3) is 3.30. The van der Waals surface area contributed by atoms with Crippen molar-refractivity contribution >= 4 is 17.7 Å². The van der Waals surface area contributed by atoms with Gasteiger partial charge in [-0.05, 0) is 18.9 Å². The highest BCUT2D eigenvalue weighted by Crippen LogP contribution is 2.26. The number of thioether (sulfide) groups is 1. The highest BCUT2D eigenvalue weighted by atomic mass is 32.2. The number of hydrogen-bond acceptors (Lipinski definition) is 3. The van der Waals surface area contributed by atoms with Crippen molar-refractivity contribution < 1.29 is 14.3 Å². The minimum absolute atomic E-state index is 0.0327. The number of hydrogen-bond donors (Lipinski definition) is 1. The minimum atomic E-state index is -1.00. The number of aromatic carboxylic acids is 1. The average molecular weight is 242 g/mol. The van der Waals surface area contributed by atoms with Crippen LogP contribution in [0, 0.1) is 12.8 Å².